The number of phenols is 1. The maximum Gasteiger partial charge on any atom is 0.153 e. The topological polar surface area (TPSA) is 159 Å². The van der Waals surface area contributed by atoms with Crippen molar-refractivity contribution in [2.45, 2.75) is 26.7 Å². The van der Waals surface area contributed by atoms with Crippen LogP contribution in [0.2, 0.25) is 0 Å². The van der Waals surface area contributed by atoms with Gasteiger partial charge in [0.05, 0.1) is 45.2 Å². The van der Waals surface area contributed by atoms with Gasteiger partial charge in [0.25, 0.3) is 0 Å². The highest BCUT2D eigenvalue weighted by Crippen LogP contribution is 2.19. The van der Waals surface area contributed by atoms with Crippen molar-refractivity contribution in [3.05, 3.63) is 29.8 Å². The van der Waals surface area contributed by atoms with Gasteiger partial charge in [-0.3, -0.25) is 4.79 Å². The Morgan fingerprint density at radius 3 is 1.22 bits per heavy atom. The van der Waals surface area contributed by atoms with Crippen LogP contribution in [-0.2, 0) is 0 Å². The van der Waals surface area contributed by atoms with Crippen LogP contribution in [0.4, 0.5) is 0 Å². The molecule has 0 fully saturated rings. The van der Waals surface area contributed by atoms with Crippen molar-refractivity contribution in [3.8, 4) is 5.75 Å². The molecule has 0 bridgehead atoms. The largest absolute Gasteiger partial charge is 0.507 e. The van der Waals surface area contributed by atoms with Crippen molar-refractivity contribution >= 4 is 6.29 Å². The fourth-order valence-corrected chi connectivity index (χ4v) is 1.56. The molecule has 8 nitrogen and oxygen atoms in total. The van der Waals surface area contributed by atoms with Gasteiger partial charge < -0.3 is 35.7 Å². The maximum absolute atomic E-state index is 10.1. The van der Waals surface area contributed by atoms with Crippen LogP contribution < -0.4 is 0 Å². The van der Waals surface area contributed by atoms with Gasteiger partial charge in [0.1, 0.15) is 5.75 Å². The first-order valence-corrected chi connectivity index (χ1v) is 8.72. The number of rotatable bonds is 9. The summed E-state index contributed by atoms with van der Waals surface area (Å²) in [5, 5.41) is 60.8. The first-order valence-electron chi connectivity index (χ1n) is 8.72. The average Bonchev–Trinajstić information content (AvgIpc) is 2.74. The molecule has 0 saturated carbocycles. The van der Waals surface area contributed by atoms with E-state index in [1.165, 1.54) is 6.07 Å². The third-order valence-corrected chi connectivity index (χ3v) is 4.58. The lowest BCUT2D eigenvalue weighted by molar-refractivity contribution is 0.00275. The van der Waals surface area contributed by atoms with E-state index in [0.29, 0.717) is 24.7 Å². The smallest absolute Gasteiger partial charge is 0.153 e. The lowest BCUT2D eigenvalue weighted by atomic mass is 9.88. The monoisotopic (exact) mass is 390 g/mol. The second-order valence-corrected chi connectivity index (χ2v) is 6.33. The van der Waals surface area contributed by atoms with Crippen molar-refractivity contribution < 1.29 is 40.5 Å². The molecule has 0 atom stereocenters. The van der Waals surface area contributed by atoms with E-state index in [1.54, 1.807) is 18.2 Å². The zero-order chi connectivity index (χ0) is 21.3. The highest BCUT2D eigenvalue weighted by Gasteiger charge is 2.25. The van der Waals surface area contributed by atoms with Crippen molar-refractivity contribution in [1.29, 1.82) is 0 Å². The van der Waals surface area contributed by atoms with Crippen LogP contribution in [-0.4, -0.2) is 81.7 Å². The van der Waals surface area contributed by atoms with Crippen LogP contribution in [0.3, 0.4) is 0 Å². The zero-order valence-corrected chi connectivity index (χ0v) is 16.1. The van der Waals surface area contributed by atoms with E-state index in [4.69, 9.17) is 35.7 Å². The van der Waals surface area contributed by atoms with Crippen molar-refractivity contribution in [2.24, 2.45) is 10.8 Å². The normalized spacial score (nSPS) is 11.0. The van der Waals surface area contributed by atoms with Gasteiger partial charge in [-0.05, 0) is 25.0 Å². The predicted octanol–water partition coefficient (Wildman–Crippen LogP) is -0.0759. The summed E-state index contributed by atoms with van der Waals surface area (Å²) in [6.07, 6.45) is 1.81. The van der Waals surface area contributed by atoms with Gasteiger partial charge in [0, 0.05) is 10.8 Å². The van der Waals surface area contributed by atoms with Gasteiger partial charge >= 0.3 is 0 Å². The number of benzene rings is 1. The van der Waals surface area contributed by atoms with Crippen LogP contribution >= 0.6 is 0 Å². The molecule has 1 rings (SSSR count). The molecule has 0 spiro atoms. The average molecular weight is 390 g/mol. The predicted molar refractivity (Wildman–Crippen MR) is 101 cm³/mol. The molecular formula is C19H34O8. The molecule has 0 heterocycles. The molecule has 0 aromatic heterocycles. The molecule has 7 N–H and O–H groups in total. The molecule has 0 aliphatic carbocycles. The fourth-order valence-electron chi connectivity index (χ4n) is 1.56. The third kappa shape index (κ3) is 9.81. The molecule has 0 aliphatic rings. The standard InChI is InChI=1S/C7H6O2.2C6H14O3/c8-5-6-3-1-2-4-7(6)9;2*1-2-6(3-7,4-8)5-9/h1-5,9H;2*7-9H,2-5H2,1H3. The number of aromatic hydroxyl groups is 1. The van der Waals surface area contributed by atoms with E-state index < -0.39 is 10.8 Å². The van der Waals surface area contributed by atoms with Crippen LogP contribution in [0.15, 0.2) is 24.3 Å². The molecule has 1 aromatic carbocycles. The second kappa shape index (κ2) is 15.5. The summed E-state index contributed by atoms with van der Waals surface area (Å²) in [7, 11) is 0. The number of carbonyl (C=O) groups excluding carboxylic acids is 1. The Labute approximate surface area is 160 Å². The Morgan fingerprint density at radius 1 is 0.741 bits per heavy atom. The molecule has 158 valence electrons. The van der Waals surface area contributed by atoms with Crippen molar-refractivity contribution in [3.63, 3.8) is 0 Å². The van der Waals surface area contributed by atoms with E-state index in [0.717, 1.165) is 0 Å². The lowest BCUT2D eigenvalue weighted by Crippen LogP contribution is -2.32. The molecule has 1 aromatic rings. The number of hydrogen-bond acceptors (Lipinski definition) is 8. The van der Waals surface area contributed by atoms with Gasteiger partial charge in [-0.25, -0.2) is 0 Å². The summed E-state index contributed by atoms with van der Waals surface area (Å²) in [6.45, 7) is 2.71. The molecule has 0 unspecified atom stereocenters. The highest BCUT2D eigenvalue weighted by molar-refractivity contribution is 5.78. The fraction of sp³-hybridized carbons (Fsp3) is 0.632. The maximum atomic E-state index is 10.1. The second-order valence-electron chi connectivity index (χ2n) is 6.33. The number of aliphatic hydroxyl groups is 6. The number of phenolic OH excluding ortho intramolecular Hbond substituents is 1. The molecule has 0 aliphatic heterocycles. The van der Waals surface area contributed by atoms with Gasteiger partial charge in [-0.2, -0.15) is 0 Å². The number of aldehydes is 1. The Bertz CT molecular complexity index is 429. The summed E-state index contributed by atoms with van der Waals surface area (Å²) in [4.78, 5) is 10.1. The Kier molecular flexibility index (Phi) is 15.9. The lowest BCUT2D eigenvalue weighted by Gasteiger charge is -2.24. The van der Waals surface area contributed by atoms with Gasteiger partial charge in [0.15, 0.2) is 6.29 Å². The minimum atomic E-state index is -0.667. The summed E-state index contributed by atoms with van der Waals surface area (Å²) in [6, 6.07) is 6.40. The van der Waals surface area contributed by atoms with E-state index in [9.17, 15) is 4.79 Å². The van der Waals surface area contributed by atoms with E-state index in [2.05, 4.69) is 0 Å². The highest BCUT2D eigenvalue weighted by atomic mass is 16.3. The Balaban J connectivity index is 0. The zero-order valence-electron chi connectivity index (χ0n) is 16.1. The van der Waals surface area contributed by atoms with E-state index in [-0.39, 0.29) is 45.4 Å². The summed E-state index contributed by atoms with van der Waals surface area (Å²) < 4.78 is 0. The summed E-state index contributed by atoms with van der Waals surface area (Å²) in [5.74, 6) is 0.0347. The molecule has 0 radical (unpaired) electrons. The summed E-state index contributed by atoms with van der Waals surface area (Å²) >= 11 is 0. The Morgan fingerprint density at radius 2 is 1.07 bits per heavy atom. The molecule has 0 saturated heterocycles. The SMILES string of the molecule is CCC(CO)(CO)CO.CCC(CO)(CO)CO.O=Cc1ccccc1O. The third-order valence-electron chi connectivity index (χ3n) is 4.58. The van der Waals surface area contributed by atoms with Crippen molar-refractivity contribution in [1.82, 2.24) is 0 Å². The number of carbonyl (C=O) groups is 1. The number of aliphatic hydroxyl groups excluding tert-OH is 6. The van der Waals surface area contributed by atoms with Crippen LogP contribution in [0.1, 0.15) is 37.0 Å². The van der Waals surface area contributed by atoms with E-state index >= 15 is 0 Å². The van der Waals surface area contributed by atoms with Crippen LogP contribution in [0, 0.1) is 10.8 Å². The molecular weight excluding hydrogens is 356 g/mol. The summed E-state index contributed by atoms with van der Waals surface area (Å²) in [5.41, 5.74) is -1.00. The van der Waals surface area contributed by atoms with Gasteiger partial charge in [0.2, 0.25) is 0 Å². The van der Waals surface area contributed by atoms with E-state index in [1.807, 2.05) is 13.8 Å². The van der Waals surface area contributed by atoms with Gasteiger partial charge in [-0.1, -0.05) is 26.0 Å². The Hall–Kier alpha value is -1.55. The minimum absolute atomic E-state index is 0.0347. The number of para-hydroxylation sites is 1. The van der Waals surface area contributed by atoms with Gasteiger partial charge in [-0.15, -0.1) is 0 Å². The van der Waals surface area contributed by atoms with Crippen LogP contribution in [0.5, 0.6) is 5.75 Å². The molecule has 8 heteroatoms. The molecule has 27 heavy (non-hydrogen) atoms. The quantitative estimate of drug-likeness (QED) is 0.288. The van der Waals surface area contributed by atoms with Crippen molar-refractivity contribution in [2.75, 3.05) is 39.6 Å². The number of hydrogen-bond donors (Lipinski definition) is 7. The first kappa shape index (κ1) is 27.7. The first-order chi connectivity index (χ1) is 12.8. The van der Waals surface area contributed by atoms with Crippen LogP contribution in [0.25, 0.3) is 0 Å². The minimum Gasteiger partial charge on any atom is -0.507 e. The molecule has 0 amide bonds.